The number of carbonyl (C=O) groups excluding carboxylic acids is 1. The van der Waals surface area contributed by atoms with Crippen LogP contribution in [0.3, 0.4) is 0 Å². The average Bonchev–Trinajstić information content (AvgIpc) is 3.11. The number of fused-ring (bicyclic) bond motifs is 3. The zero-order valence-electron chi connectivity index (χ0n) is 19.3. The van der Waals surface area contributed by atoms with E-state index in [2.05, 4.69) is 19.6 Å². The Morgan fingerprint density at radius 1 is 1.27 bits per heavy atom. The zero-order valence-corrected chi connectivity index (χ0v) is 20.1. The number of hydrogen-bond donors (Lipinski definition) is 1. The van der Waals surface area contributed by atoms with Gasteiger partial charge >= 0.3 is 0 Å². The van der Waals surface area contributed by atoms with Crippen molar-refractivity contribution in [2.75, 3.05) is 32.1 Å². The molecular formula is C22H29N7O3S. The fourth-order valence-electron chi connectivity index (χ4n) is 4.44. The molecule has 3 aliphatic rings. The van der Waals surface area contributed by atoms with Crippen LogP contribution in [0, 0.1) is 0 Å². The summed E-state index contributed by atoms with van der Waals surface area (Å²) >= 11 is 0. The van der Waals surface area contributed by atoms with Crippen molar-refractivity contribution in [3.63, 3.8) is 0 Å². The van der Waals surface area contributed by atoms with Gasteiger partial charge in [0.25, 0.3) is 5.91 Å². The number of anilines is 1. The number of aliphatic imine (C=N–C) groups is 1. The third-order valence-corrected chi connectivity index (χ3v) is 7.97. The van der Waals surface area contributed by atoms with E-state index in [4.69, 9.17) is 4.99 Å². The number of hydrogen-bond acceptors (Lipinski definition) is 7. The maximum Gasteiger partial charge on any atom is 0.263 e. The van der Waals surface area contributed by atoms with Crippen LogP contribution in [0.1, 0.15) is 35.7 Å². The van der Waals surface area contributed by atoms with Crippen LogP contribution in [0.15, 0.2) is 40.5 Å². The molecule has 0 unspecified atom stereocenters. The second-order valence-corrected chi connectivity index (χ2v) is 11.4. The van der Waals surface area contributed by atoms with Crippen molar-refractivity contribution in [3.8, 4) is 0 Å². The lowest BCUT2D eigenvalue weighted by molar-refractivity contribution is 0.0832. The van der Waals surface area contributed by atoms with Crippen LogP contribution in [0.5, 0.6) is 0 Å². The van der Waals surface area contributed by atoms with E-state index < -0.39 is 15.6 Å². The number of nitrogens with zero attached hydrogens (tertiary/aromatic N) is 6. The normalized spacial score (nSPS) is 21.3. The van der Waals surface area contributed by atoms with Crippen LogP contribution in [-0.2, 0) is 23.6 Å². The fraction of sp³-hybridized carbons (Fsp3) is 0.500. The standard InChI is InChI=1S/C22H29N7O3S/c1-22(7-8-22)25-33(31,32)17-5-6-19-18(9-17)20(30)28(13-15-10-24-27(4)12-15)21-23-11-16(29(19)21)14-26(2)3/h5-6,9-10,12,16,25H,7-8,11,13-14H2,1-4H3/t16-/m1/s1. The van der Waals surface area contributed by atoms with Crippen molar-refractivity contribution in [2.24, 2.45) is 12.0 Å². The number of sulfonamides is 1. The summed E-state index contributed by atoms with van der Waals surface area (Å²) in [6.45, 7) is 3.51. The van der Waals surface area contributed by atoms with Gasteiger partial charge in [-0.1, -0.05) is 0 Å². The van der Waals surface area contributed by atoms with Gasteiger partial charge in [-0.05, 0) is 52.1 Å². The summed E-state index contributed by atoms with van der Waals surface area (Å²) < 4.78 is 30.5. The van der Waals surface area contributed by atoms with Gasteiger partial charge < -0.3 is 9.80 Å². The molecule has 1 amide bonds. The molecule has 10 nitrogen and oxygen atoms in total. The quantitative estimate of drug-likeness (QED) is 0.647. The summed E-state index contributed by atoms with van der Waals surface area (Å²) in [5.41, 5.74) is 1.55. The highest BCUT2D eigenvalue weighted by Gasteiger charge is 2.44. The van der Waals surface area contributed by atoms with Gasteiger partial charge in [0.1, 0.15) is 0 Å². The highest BCUT2D eigenvalue weighted by Crippen LogP contribution is 2.38. The molecule has 1 N–H and O–H groups in total. The molecule has 0 spiro atoms. The maximum absolute atomic E-state index is 13.6. The molecule has 0 bridgehead atoms. The number of amides is 1. The summed E-state index contributed by atoms with van der Waals surface area (Å²) in [5.74, 6) is 0.339. The largest absolute Gasteiger partial charge is 0.307 e. The van der Waals surface area contributed by atoms with Crippen LogP contribution < -0.4 is 9.62 Å². The van der Waals surface area contributed by atoms with Gasteiger partial charge in [-0.2, -0.15) is 5.10 Å². The lowest BCUT2D eigenvalue weighted by atomic mass is 10.1. The van der Waals surface area contributed by atoms with E-state index in [-0.39, 0.29) is 16.8 Å². The first kappa shape index (κ1) is 22.1. The molecule has 5 rings (SSSR count). The van der Waals surface area contributed by atoms with E-state index in [1.54, 1.807) is 27.9 Å². The van der Waals surface area contributed by atoms with Crippen molar-refractivity contribution in [1.29, 1.82) is 0 Å². The number of nitrogens with one attached hydrogen (secondary N) is 1. The first-order valence-corrected chi connectivity index (χ1v) is 12.5. The minimum Gasteiger partial charge on any atom is -0.307 e. The first-order valence-electron chi connectivity index (χ1n) is 11.0. The molecule has 3 heterocycles. The highest BCUT2D eigenvalue weighted by molar-refractivity contribution is 7.89. The summed E-state index contributed by atoms with van der Waals surface area (Å²) in [4.78, 5) is 24.2. The third-order valence-electron chi connectivity index (χ3n) is 6.33. The molecule has 0 radical (unpaired) electrons. The number of aromatic nitrogens is 2. The molecule has 1 aromatic carbocycles. The topological polar surface area (TPSA) is 103 Å². The third kappa shape index (κ3) is 4.04. The number of guanidine groups is 1. The summed E-state index contributed by atoms with van der Waals surface area (Å²) in [6.07, 6.45) is 5.21. The predicted molar refractivity (Wildman–Crippen MR) is 125 cm³/mol. The number of rotatable bonds is 7. The zero-order chi connectivity index (χ0) is 23.5. The van der Waals surface area contributed by atoms with Crippen molar-refractivity contribution in [2.45, 2.75) is 42.8 Å². The van der Waals surface area contributed by atoms with Crippen LogP contribution in [0.4, 0.5) is 5.69 Å². The lowest BCUT2D eigenvalue weighted by Gasteiger charge is -2.39. The van der Waals surface area contributed by atoms with Gasteiger partial charge in [-0.25, -0.2) is 13.1 Å². The van der Waals surface area contributed by atoms with Crippen LogP contribution in [-0.4, -0.2) is 78.6 Å². The summed E-state index contributed by atoms with van der Waals surface area (Å²) in [7, 11) is 2.10. The monoisotopic (exact) mass is 471 g/mol. The molecule has 11 heteroatoms. The van der Waals surface area contributed by atoms with E-state index in [1.807, 2.05) is 34.3 Å². The van der Waals surface area contributed by atoms with Crippen molar-refractivity contribution in [1.82, 2.24) is 24.3 Å². The lowest BCUT2D eigenvalue weighted by Crippen LogP contribution is -2.54. The van der Waals surface area contributed by atoms with Crippen molar-refractivity contribution >= 4 is 27.6 Å². The van der Waals surface area contributed by atoms with Crippen LogP contribution in [0.25, 0.3) is 0 Å². The molecule has 176 valence electrons. The Kier molecular flexibility index (Phi) is 5.11. The van der Waals surface area contributed by atoms with Gasteiger partial charge in [0.15, 0.2) is 0 Å². The van der Waals surface area contributed by atoms with Gasteiger partial charge in [-0.15, -0.1) is 0 Å². The predicted octanol–water partition coefficient (Wildman–Crippen LogP) is 1.01. The van der Waals surface area contributed by atoms with Gasteiger partial charge in [0.2, 0.25) is 16.0 Å². The Hall–Kier alpha value is -2.76. The maximum atomic E-state index is 13.6. The molecule has 1 saturated carbocycles. The van der Waals surface area contributed by atoms with E-state index in [0.717, 1.165) is 24.9 Å². The Morgan fingerprint density at radius 3 is 2.67 bits per heavy atom. The highest BCUT2D eigenvalue weighted by atomic mass is 32.2. The Bertz CT molecular complexity index is 1250. The SMILES string of the molecule is CN(C)C[C@H]1CN=C2N(Cc3cnn(C)c3)C(=O)c3cc(S(=O)(=O)NC4(C)CC4)ccc3N21. The minimum absolute atomic E-state index is 0.0456. The van der Waals surface area contributed by atoms with Crippen LogP contribution >= 0.6 is 0 Å². The molecule has 1 aromatic heterocycles. The van der Waals surface area contributed by atoms with E-state index in [1.165, 1.54) is 6.07 Å². The van der Waals surface area contributed by atoms with Gasteiger partial charge in [0.05, 0.1) is 41.5 Å². The molecule has 0 saturated heterocycles. The van der Waals surface area contributed by atoms with E-state index in [9.17, 15) is 13.2 Å². The van der Waals surface area contributed by atoms with E-state index in [0.29, 0.717) is 30.3 Å². The average molecular weight is 472 g/mol. The number of likely N-dealkylation sites (N-methyl/N-ethyl adjacent to an activating group) is 1. The second-order valence-electron chi connectivity index (χ2n) is 9.69. The second kappa shape index (κ2) is 7.64. The van der Waals surface area contributed by atoms with Crippen molar-refractivity contribution in [3.05, 3.63) is 41.7 Å². The summed E-state index contributed by atoms with van der Waals surface area (Å²) in [6, 6.07) is 4.87. The fourth-order valence-corrected chi connectivity index (χ4v) is 5.93. The minimum atomic E-state index is -3.73. The number of aryl methyl sites for hydroxylation is 1. The molecule has 2 aliphatic heterocycles. The Labute approximate surface area is 193 Å². The Morgan fingerprint density at radius 2 is 2.03 bits per heavy atom. The molecule has 33 heavy (non-hydrogen) atoms. The van der Waals surface area contributed by atoms with Gasteiger partial charge in [0, 0.05) is 30.9 Å². The summed E-state index contributed by atoms with van der Waals surface area (Å²) in [5, 5.41) is 4.21. The smallest absolute Gasteiger partial charge is 0.263 e. The Balaban J connectivity index is 1.56. The molecule has 2 aromatic rings. The number of carbonyl (C=O) groups is 1. The van der Waals surface area contributed by atoms with E-state index >= 15 is 0 Å². The molecule has 1 aliphatic carbocycles. The number of benzene rings is 1. The first-order chi connectivity index (χ1) is 15.6. The molecule has 1 fully saturated rings. The molecule has 1 atom stereocenters. The van der Waals surface area contributed by atoms with Gasteiger partial charge in [-0.3, -0.25) is 19.4 Å². The molecular weight excluding hydrogens is 442 g/mol. The van der Waals surface area contributed by atoms with Crippen molar-refractivity contribution < 1.29 is 13.2 Å². The van der Waals surface area contributed by atoms with Crippen LogP contribution in [0.2, 0.25) is 0 Å².